The molecule has 0 radical (unpaired) electrons. The number of hydrogen-bond acceptors (Lipinski definition) is 5. The summed E-state index contributed by atoms with van der Waals surface area (Å²) in [5.41, 5.74) is 1.12. The molecule has 1 aliphatic carbocycles. The zero-order chi connectivity index (χ0) is 21.7. The number of primary sulfonamides is 1. The maximum absolute atomic E-state index is 12.2. The molecule has 3 N–H and O–H groups in total. The highest BCUT2D eigenvalue weighted by Gasteiger charge is 2.33. The van der Waals surface area contributed by atoms with Crippen molar-refractivity contribution in [2.45, 2.75) is 57.8 Å². The third-order valence-electron chi connectivity index (χ3n) is 5.62. The molecule has 162 valence electrons. The molecule has 1 amide bonds. The van der Waals surface area contributed by atoms with Crippen LogP contribution in [0.2, 0.25) is 0 Å². The van der Waals surface area contributed by atoms with Crippen molar-refractivity contribution >= 4 is 21.9 Å². The second kappa shape index (κ2) is 9.71. The van der Waals surface area contributed by atoms with Crippen molar-refractivity contribution in [2.24, 2.45) is 22.4 Å². The summed E-state index contributed by atoms with van der Waals surface area (Å²) >= 11 is 0. The van der Waals surface area contributed by atoms with Gasteiger partial charge in [-0.1, -0.05) is 32.9 Å². The fourth-order valence-electron chi connectivity index (χ4n) is 3.69. The van der Waals surface area contributed by atoms with Crippen LogP contribution >= 0.6 is 0 Å². The number of amides is 1. The average Bonchev–Trinajstić information content (AvgIpc) is 2.65. The summed E-state index contributed by atoms with van der Waals surface area (Å²) in [7, 11) is -3.71. The molecule has 0 unspecified atom stereocenters. The number of benzene rings is 1. The van der Waals surface area contributed by atoms with Gasteiger partial charge >= 0.3 is 5.97 Å². The number of carbonyl (C=O) groups excluding carboxylic acids is 2. The van der Waals surface area contributed by atoms with E-state index in [2.05, 4.69) is 26.1 Å². The van der Waals surface area contributed by atoms with Gasteiger partial charge in [0, 0.05) is 6.54 Å². The second-order valence-electron chi connectivity index (χ2n) is 8.81. The molecule has 8 heteroatoms. The van der Waals surface area contributed by atoms with E-state index in [9.17, 15) is 18.0 Å². The maximum Gasteiger partial charge on any atom is 0.309 e. The first-order valence-electron chi connectivity index (χ1n) is 10.0. The molecular formula is C21H32N2O5S. The minimum Gasteiger partial charge on any atom is -0.455 e. The van der Waals surface area contributed by atoms with Crippen molar-refractivity contribution in [3.8, 4) is 0 Å². The molecule has 0 saturated heterocycles. The summed E-state index contributed by atoms with van der Waals surface area (Å²) in [6.45, 7) is 6.78. The van der Waals surface area contributed by atoms with E-state index >= 15 is 0 Å². The van der Waals surface area contributed by atoms with E-state index in [0.29, 0.717) is 18.9 Å². The third-order valence-corrected chi connectivity index (χ3v) is 6.55. The van der Waals surface area contributed by atoms with Gasteiger partial charge in [0.05, 0.1) is 10.8 Å². The Hall–Kier alpha value is -1.93. The Bertz CT molecular complexity index is 804. The normalized spacial score (nSPS) is 20.1. The summed E-state index contributed by atoms with van der Waals surface area (Å²) in [5.74, 6) is -0.124. The number of rotatable bonds is 7. The summed E-state index contributed by atoms with van der Waals surface area (Å²) < 4.78 is 27.6. The lowest BCUT2D eigenvalue weighted by Gasteiger charge is -2.36. The van der Waals surface area contributed by atoms with Crippen LogP contribution in [0.3, 0.4) is 0 Å². The van der Waals surface area contributed by atoms with E-state index in [1.165, 1.54) is 12.1 Å². The summed E-state index contributed by atoms with van der Waals surface area (Å²) in [6.07, 6.45) is 4.19. The zero-order valence-electron chi connectivity index (χ0n) is 17.4. The Morgan fingerprint density at radius 3 is 2.21 bits per heavy atom. The quantitative estimate of drug-likeness (QED) is 0.652. The monoisotopic (exact) mass is 424 g/mol. The van der Waals surface area contributed by atoms with Gasteiger partial charge in [-0.2, -0.15) is 0 Å². The smallest absolute Gasteiger partial charge is 0.309 e. The van der Waals surface area contributed by atoms with E-state index in [1.807, 2.05) is 0 Å². The first-order chi connectivity index (χ1) is 13.5. The first kappa shape index (κ1) is 23.3. The van der Waals surface area contributed by atoms with Gasteiger partial charge in [-0.15, -0.1) is 0 Å². The van der Waals surface area contributed by atoms with Gasteiger partial charge in [0.25, 0.3) is 5.91 Å². The molecule has 29 heavy (non-hydrogen) atoms. The molecule has 0 atom stereocenters. The molecule has 0 aliphatic heterocycles. The van der Waals surface area contributed by atoms with Gasteiger partial charge in [-0.3, -0.25) is 9.59 Å². The van der Waals surface area contributed by atoms with Crippen molar-refractivity contribution in [3.05, 3.63) is 29.8 Å². The topological polar surface area (TPSA) is 116 Å². The first-order valence-corrected chi connectivity index (χ1v) is 11.6. The number of nitrogens with one attached hydrogen (secondary N) is 1. The van der Waals surface area contributed by atoms with Crippen molar-refractivity contribution in [1.29, 1.82) is 0 Å². The Balaban J connectivity index is 1.66. The fraction of sp³-hybridized carbons (Fsp3) is 0.619. The second-order valence-corrected chi connectivity index (χ2v) is 10.4. The van der Waals surface area contributed by atoms with Crippen LogP contribution in [0.4, 0.5) is 0 Å². The number of nitrogens with two attached hydrogens (primary N) is 1. The van der Waals surface area contributed by atoms with Crippen LogP contribution in [0.5, 0.6) is 0 Å². The SMILES string of the molecule is CC(C)(C)C1CCC(C(=O)OCC(=O)NCCc2ccc(S(N)(=O)=O)cc2)CC1. The molecule has 1 aromatic rings. The standard InChI is InChI=1S/C21H32N2O5S/c1-21(2,3)17-8-6-16(7-9-17)20(25)28-14-19(24)23-13-12-15-4-10-18(11-5-15)29(22,26)27/h4-5,10-11,16-17H,6-9,12-14H2,1-3H3,(H,23,24)(H2,22,26,27). The molecule has 1 aromatic carbocycles. The number of ether oxygens (including phenoxy) is 1. The molecule has 0 aromatic heterocycles. The largest absolute Gasteiger partial charge is 0.455 e. The number of sulfonamides is 1. The number of carbonyl (C=O) groups is 2. The average molecular weight is 425 g/mol. The molecule has 7 nitrogen and oxygen atoms in total. The third kappa shape index (κ3) is 7.44. The van der Waals surface area contributed by atoms with E-state index in [1.54, 1.807) is 12.1 Å². The van der Waals surface area contributed by atoms with Gasteiger partial charge in [0.1, 0.15) is 0 Å². The van der Waals surface area contributed by atoms with Crippen LogP contribution < -0.4 is 10.5 Å². The minimum absolute atomic E-state index is 0.0498. The lowest BCUT2D eigenvalue weighted by molar-refractivity contribution is -0.154. The van der Waals surface area contributed by atoms with Gasteiger partial charge in [0.15, 0.2) is 6.61 Å². The van der Waals surface area contributed by atoms with Crippen molar-refractivity contribution < 1.29 is 22.7 Å². The Kier molecular flexibility index (Phi) is 7.82. The Morgan fingerprint density at radius 2 is 1.69 bits per heavy atom. The van der Waals surface area contributed by atoms with Crippen LogP contribution in [-0.2, 0) is 30.8 Å². The lowest BCUT2D eigenvalue weighted by Crippen LogP contribution is -2.33. The maximum atomic E-state index is 12.2. The molecular weight excluding hydrogens is 392 g/mol. The van der Waals surface area contributed by atoms with Gasteiger partial charge in [-0.25, -0.2) is 13.6 Å². The van der Waals surface area contributed by atoms with Crippen LogP contribution in [0.1, 0.15) is 52.0 Å². The van der Waals surface area contributed by atoms with Gasteiger partial charge in [-0.05, 0) is 61.1 Å². The van der Waals surface area contributed by atoms with Crippen molar-refractivity contribution in [3.63, 3.8) is 0 Å². The van der Waals surface area contributed by atoms with Crippen LogP contribution in [0, 0.1) is 17.3 Å². The molecule has 2 rings (SSSR count). The highest BCUT2D eigenvalue weighted by molar-refractivity contribution is 7.89. The fourth-order valence-corrected chi connectivity index (χ4v) is 4.21. The molecule has 0 spiro atoms. The minimum atomic E-state index is -3.71. The van der Waals surface area contributed by atoms with E-state index in [-0.39, 0.29) is 34.7 Å². The zero-order valence-corrected chi connectivity index (χ0v) is 18.3. The highest BCUT2D eigenvalue weighted by Crippen LogP contribution is 2.40. The van der Waals surface area contributed by atoms with Crippen LogP contribution in [0.15, 0.2) is 29.2 Å². The molecule has 1 aliphatic rings. The highest BCUT2D eigenvalue weighted by atomic mass is 32.2. The molecule has 0 heterocycles. The summed E-state index contributed by atoms with van der Waals surface area (Å²) in [6, 6.07) is 6.17. The Labute approximate surface area is 173 Å². The number of hydrogen-bond donors (Lipinski definition) is 2. The van der Waals surface area contributed by atoms with Gasteiger partial charge in [0.2, 0.25) is 10.0 Å². The van der Waals surface area contributed by atoms with Crippen molar-refractivity contribution in [1.82, 2.24) is 5.32 Å². The predicted molar refractivity (Wildman–Crippen MR) is 110 cm³/mol. The molecule has 1 fully saturated rings. The Morgan fingerprint density at radius 1 is 1.10 bits per heavy atom. The predicted octanol–water partition coefficient (Wildman–Crippen LogP) is 2.39. The van der Waals surface area contributed by atoms with Crippen LogP contribution in [0.25, 0.3) is 0 Å². The van der Waals surface area contributed by atoms with Crippen molar-refractivity contribution in [2.75, 3.05) is 13.2 Å². The molecule has 0 bridgehead atoms. The van der Waals surface area contributed by atoms with E-state index in [4.69, 9.17) is 9.88 Å². The van der Waals surface area contributed by atoms with Gasteiger partial charge < -0.3 is 10.1 Å². The van der Waals surface area contributed by atoms with Crippen LogP contribution in [-0.4, -0.2) is 33.4 Å². The number of esters is 1. The molecule has 1 saturated carbocycles. The summed E-state index contributed by atoms with van der Waals surface area (Å²) in [5, 5.41) is 7.76. The van der Waals surface area contributed by atoms with E-state index < -0.39 is 10.0 Å². The van der Waals surface area contributed by atoms with E-state index in [0.717, 1.165) is 31.2 Å². The lowest BCUT2D eigenvalue weighted by atomic mass is 9.70. The summed E-state index contributed by atoms with van der Waals surface area (Å²) in [4.78, 5) is 24.2.